The lowest BCUT2D eigenvalue weighted by Gasteiger charge is -2.16. The molecule has 4 rings (SSSR count). The van der Waals surface area contributed by atoms with Crippen molar-refractivity contribution < 1.29 is 35.1 Å². The van der Waals surface area contributed by atoms with Gasteiger partial charge in [-0.1, -0.05) is 35.3 Å². The Morgan fingerprint density at radius 2 is 1.72 bits per heavy atom. The lowest BCUT2D eigenvalue weighted by molar-refractivity contribution is -0.148. The van der Waals surface area contributed by atoms with E-state index in [1.54, 1.807) is 12.1 Å². The fourth-order valence-electron chi connectivity index (χ4n) is 3.87. The lowest BCUT2D eigenvalue weighted by Crippen LogP contribution is -2.33. The number of fused-ring (bicyclic) bond motifs is 1. The van der Waals surface area contributed by atoms with Crippen molar-refractivity contribution in [2.45, 2.75) is 30.2 Å². The molecule has 5 nitrogen and oxygen atoms in total. The molecule has 0 radical (unpaired) electrons. The van der Waals surface area contributed by atoms with Crippen molar-refractivity contribution in [2.75, 3.05) is 13.2 Å². The van der Waals surface area contributed by atoms with E-state index in [-0.39, 0.29) is 32.8 Å². The first-order valence-corrected chi connectivity index (χ1v) is 13.7. The number of benzene rings is 3. The number of alkyl halides is 4. The van der Waals surface area contributed by atoms with Crippen molar-refractivity contribution in [1.82, 2.24) is 9.29 Å². The number of hydrogen-bond acceptors (Lipinski definition) is 4. The minimum atomic E-state index is -4.26. The van der Waals surface area contributed by atoms with E-state index in [9.17, 15) is 30.4 Å². The Morgan fingerprint density at radius 1 is 1.00 bits per heavy atom. The maximum absolute atomic E-state index is 14.1. The van der Waals surface area contributed by atoms with Crippen molar-refractivity contribution in [1.29, 1.82) is 0 Å². The molecule has 0 aliphatic rings. The maximum Gasteiger partial charge on any atom is 0.340 e. The highest BCUT2D eigenvalue weighted by Gasteiger charge is 2.41. The largest absolute Gasteiger partial charge is 0.487 e. The third-order valence-electron chi connectivity index (χ3n) is 5.76. The third-order valence-corrected chi connectivity index (χ3v) is 7.85. The van der Waals surface area contributed by atoms with Crippen LogP contribution >= 0.6 is 23.2 Å². The molecule has 39 heavy (non-hydrogen) atoms. The van der Waals surface area contributed by atoms with Gasteiger partial charge in [-0.25, -0.2) is 25.6 Å². The van der Waals surface area contributed by atoms with Crippen LogP contribution in [0.25, 0.3) is 10.9 Å². The molecule has 0 aliphatic heterocycles. The molecule has 4 aromatic rings. The number of aromatic nitrogens is 1. The number of hydrogen-bond donors (Lipinski definition) is 1. The molecule has 0 fully saturated rings. The van der Waals surface area contributed by atoms with Crippen LogP contribution in [0, 0.1) is 5.82 Å². The van der Waals surface area contributed by atoms with Crippen molar-refractivity contribution in [3.05, 3.63) is 93.8 Å². The van der Waals surface area contributed by atoms with Crippen molar-refractivity contribution >= 4 is 44.1 Å². The molecule has 3 aromatic carbocycles. The van der Waals surface area contributed by atoms with E-state index in [2.05, 4.69) is 5.32 Å². The van der Waals surface area contributed by atoms with Crippen LogP contribution in [-0.4, -0.2) is 37.9 Å². The molecule has 0 aliphatic carbocycles. The highest BCUT2D eigenvalue weighted by atomic mass is 35.5. The smallest absolute Gasteiger partial charge is 0.340 e. The summed E-state index contributed by atoms with van der Waals surface area (Å²) >= 11 is 12.0. The van der Waals surface area contributed by atoms with E-state index in [1.165, 1.54) is 48.7 Å². The van der Waals surface area contributed by atoms with Gasteiger partial charge in [-0.05, 0) is 72.6 Å². The second kappa shape index (κ2) is 11.7. The molecular formula is C26H21Cl2F5N2O3S. The van der Waals surface area contributed by atoms with Crippen molar-refractivity contribution in [3.8, 4) is 5.75 Å². The lowest BCUT2D eigenvalue weighted by atomic mass is 10.1. The van der Waals surface area contributed by atoms with E-state index in [4.69, 9.17) is 27.9 Å². The summed E-state index contributed by atoms with van der Waals surface area (Å²) in [4.78, 5) is -0.153. The van der Waals surface area contributed by atoms with Gasteiger partial charge in [0.15, 0.2) is 6.61 Å². The SMILES string of the molecule is O=S(=O)(c1cc(Cl)cc(Cl)c1)n1cc(CCNCc2cccc(OCC(F)(F)C(F)F)c2)c2ccc(F)cc21. The highest BCUT2D eigenvalue weighted by Crippen LogP contribution is 2.30. The number of halogens is 7. The summed E-state index contributed by atoms with van der Waals surface area (Å²) in [6, 6.07) is 13.8. The molecule has 1 heterocycles. The summed E-state index contributed by atoms with van der Waals surface area (Å²) in [6.45, 7) is -0.792. The molecule has 0 bridgehead atoms. The normalized spacial score (nSPS) is 12.4. The van der Waals surface area contributed by atoms with Gasteiger partial charge < -0.3 is 10.1 Å². The van der Waals surface area contributed by atoms with E-state index in [1.807, 2.05) is 0 Å². The zero-order chi connectivity index (χ0) is 28.4. The molecule has 0 atom stereocenters. The first-order chi connectivity index (χ1) is 18.4. The summed E-state index contributed by atoms with van der Waals surface area (Å²) in [6.07, 6.45) is -2.06. The predicted molar refractivity (Wildman–Crippen MR) is 139 cm³/mol. The zero-order valence-electron chi connectivity index (χ0n) is 20.0. The van der Waals surface area contributed by atoms with Crippen LogP contribution in [-0.2, 0) is 23.0 Å². The maximum atomic E-state index is 14.1. The summed E-state index contributed by atoms with van der Waals surface area (Å²) in [5.74, 6) is -4.85. The van der Waals surface area contributed by atoms with Gasteiger partial charge in [0.05, 0.1) is 10.4 Å². The summed E-state index contributed by atoms with van der Waals surface area (Å²) < 4.78 is 97.6. The standard InChI is InChI=1S/C26H21Cl2F5N2O3S/c27-18-9-19(28)11-22(10-18)39(36,37)35-14-17(23-5-4-20(29)12-24(23)35)6-7-34-13-16-2-1-3-21(8-16)38-15-26(32,33)25(30)31/h1-5,8-12,14,25,34H,6-7,13,15H2. The van der Waals surface area contributed by atoms with Gasteiger partial charge >= 0.3 is 12.3 Å². The average Bonchev–Trinajstić information content (AvgIpc) is 3.23. The molecule has 0 saturated heterocycles. The Balaban J connectivity index is 1.48. The average molecular weight is 607 g/mol. The quantitative estimate of drug-likeness (QED) is 0.148. The van der Waals surface area contributed by atoms with Gasteiger partial charge in [-0.2, -0.15) is 8.78 Å². The third kappa shape index (κ3) is 6.84. The van der Waals surface area contributed by atoms with Crippen LogP contribution in [0.1, 0.15) is 11.1 Å². The topological polar surface area (TPSA) is 60.3 Å². The predicted octanol–water partition coefficient (Wildman–Crippen LogP) is 6.94. The molecule has 1 aromatic heterocycles. The van der Waals surface area contributed by atoms with Gasteiger partial charge in [-0.3, -0.25) is 0 Å². The Kier molecular flexibility index (Phi) is 8.75. The number of nitrogens with one attached hydrogen (secondary N) is 1. The first kappa shape index (κ1) is 29.1. The Hall–Kier alpha value is -2.86. The summed E-state index contributed by atoms with van der Waals surface area (Å²) in [5, 5.41) is 3.94. The van der Waals surface area contributed by atoms with E-state index in [0.29, 0.717) is 29.5 Å². The molecule has 208 valence electrons. The molecule has 0 amide bonds. The van der Waals surface area contributed by atoms with Crippen LogP contribution in [0.15, 0.2) is 71.8 Å². The minimum absolute atomic E-state index is 0.0195. The molecule has 0 unspecified atom stereocenters. The number of ether oxygens (including phenoxy) is 1. The first-order valence-electron chi connectivity index (χ1n) is 11.5. The van der Waals surface area contributed by atoms with Gasteiger partial charge in [0.25, 0.3) is 10.0 Å². The minimum Gasteiger partial charge on any atom is -0.487 e. The molecular weight excluding hydrogens is 586 g/mol. The number of nitrogens with zero attached hydrogens (tertiary/aromatic N) is 1. The van der Waals surface area contributed by atoms with Crippen LogP contribution in [0.5, 0.6) is 5.75 Å². The molecule has 0 saturated carbocycles. The second-order valence-corrected chi connectivity index (χ2v) is 11.3. The van der Waals surface area contributed by atoms with E-state index >= 15 is 0 Å². The van der Waals surface area contributed by atoms with Crippen LogP contribution in [0.4, 0.5) is 22.0 Å². The fraction of sp³-hybridized carbons (Fsp3) is 0.231. The van der Waals surface area contributed by atoms with Crippen LogP contribution in [0.3, 0.4) is 0 Å². The highest BCUT2D eigenvalue weighted by molar-refractivity contribution is 7.90. The van der Waals surface area contributed by atoms with Gasteiger partial charge in [-0.15, -0.1) is 0 Å². The van der Waals surface area contributed by atoms with Gasteiger partial charge in [0.2, 0.25) is 0 Å². The van der Waals surface area contributed by atoms with E-state index in [0.717, 1.165) is 10.0 Å². The Labute approximate surface area is 231 Å². The number of rotatable bonds is 11. The summed E-state index contributed by atoms with van der Waals surface area (Å²) in [7, 11) is -4.16. The van der Waals surface area contributed by atoms with Gasteiger partial charge in [0, 0.05) is 28.2 Å². The summed E-state index contributed by atoms with van der Waals surface area (Å²) in [5.41, 5.74) is 1.42. The van der Waals surface area contributed by atoms with Crippen LogP contribution in [0.2, 0.25) is 10.0 Å². The van der Waals surface area contributed by atoms with Gasteiger partial charge in [0.1, 0.15) is 11.6 Å². The Bertz CT molecular complexity index is 1580. The van der Waals surface area contributed by atoms with Crippen molar-refractivity contribution in [3.63, 3.8) is 0 Å². The monoisotopic (exact) mass is 606 g/mol. The second-order valence-electron chi connectivity index (χ2n) is 8.65. The molecule has 0 spiro atoms. The van der Waals surface area contributed by atoms with Crippen molar-refractivity contribution in [2.24, 2.45) is 0 Å². The van der Waals surface area contributed by atoms with E-state index < -0.39 is 34.8 Å². The molecule has 13 heteroatoms. The Morgan fingerprint density at radius 3 is 2.41 bits per heavy atom. The molecule has 1 N–H and O–H groups in total. The zero-order valence-corrected chi connectivity index (χ0v) is 22.3. The fourth-order valence-corrected chi connectivity index (χ4v) is 5.98. The van der Waals surface area contributed by atoms with Crippen LogP contribution < -0.4 is 10.1 Å².